The van der Waals surface area contributed by atoms with Gasteiger partial charge in [0.1, 0.15) is 0 Å². The molecule has 0 aliphatic rings. The average molecular weight is 230 g/mol. The van der Waals surface area contributed by atoms with Crippen LogP contribution in [0.1, 0.15) is 15.9 Å². The van der Waals surface area contributed by atoms with Crippen molar-refractivity contribution in [3.8, 4) is 0 Å². The Hall–Kier alpha value is -2.23. The Morgan fingerprint density at radius 3 is 2.65 bits per heavy atom. The van der Waals surface area contributed by atoms with Crippen LogP contribution in [0.2, 0.25) is 0 Å². The molecule has 86 valence electrons. The summed E-state index contributed by atoms with van der Waals surface area (Å²) in [5.41, 5.74) is 1.96. The number of aromatic nitrogens is 1. The Balaban J connectivity index is 2.17. The fraction of sp³-hybridized carbons (Fsp3) is 0.0769. The summed E-state index contributed by atoms with van der Waals surface area (Å²) in [6, 6.07) is 9.93. The van der Waals surface area contributed by atoms with Crippen LogP contribution in [0, 0.1) is 12.9 Å². The number of rotatable bonds is 2. The molecule has 4 heteroatoms. The Morgan fingerprint density at radius 2 is 2.00 bits per heavy atom. The third-order valence-electron chi connectivity index (χ3n) is 2.37. The molecule has 0 spiro atoms. The Kier molecular flexibility index (Phi) is 3.14. The quantitative estimate of drug-likeness (QED) is 0.806. The molecule has 2 rings (SSSR count). The van der Waals surface area contributed by atoms with Crippen LogP contribution in [0.25, 0.3) is 0 Å². The van der Waals surface area contributed by atoms with Crippen LogP contribution in [-0.4, -0.2) is 10.9 Å². The molecule has 0 atom stereocenters. The molecule has 0 aliphatic carbocycles. The summed E-state index contributed by atoms with van der Waals surface area (Å²) in [4.78, 5) is 15.4. The van der Waals surface area contributed by atoms with Crippen LogP contribution in [-0.2, 0) is 0 Å². The molecular formula is C13H11FN2O. The summed E-state index contributed by atoms with van der Waals surface area (Å²) in [5.74, 6) is -0.796. The number of pyridine rings is 1. The number of benzene rings is 1. The number of nitrogens with zero attached hydrogens (tertiary/aromatic N) is 1. The highest BCUT2D eigenvalue weighted by molar-refractivity contribution is 6.05. The van der Waals surface area contributed by atoms with E-state index in [1.807, 2.05) is 19.1 Å². The van der Waals surface area contributed by atoms with Crippen LogP contribution in [0.4, 0.5) is 10.1 Å². The normalized spacial score (nSPS) is 10.0. The van der Waals surface area contributed by atoms with Crippen molar-refractivity contribution in [3.05, 3.63) is 59.7 Å². The van der Waals surface area contributed by atoms with Crippen molar-refractivity contribution in [1.29, 1.82) is 0 Å². The van der Waals surface area contributed by atoms with Gasteiger partial charge in [0.25, 0.3) is 5.91 Å². The number of hydrogen-bond acceptors (Lipinski definition) is 2. The monoisotopic (exact) mass is 230 g/mol. The minimum absolute atomic E-state index is 0.225. The van der Waals surface area contributed by atoms with Gasteiger partial charge in [-0.2, -0.15) is 4.39 Å². The molecule has 0 unspecified atom stereocenters. The zero-order valence-electron chi connectivity index (χ0n) is 9.27. The first-order valence-corrected chi connectivity index (χ1v) is 5.15. The summed E-state index contributed by atoms with van der Waals surface area (Å²) in [6.45, 7) is 1.86. The van der Waals surface area contributed by atoms with Gasteiger partial charge in [-0.25, -0.2) is 4.98 Å². The van der Waals surface area contributed by atoms with E-state index in [0.717, 1.165) is 5.56 Å². The number of nitrogens with one attached hydrogen (secondary N) is 1. The van der Waals surface area contributed by atoms with Crippen molar-refractivity contribution in [3.63, 3.8) is 0 Å². The summed E-state index contributed by atoms with van der Waals surface area (Å²) in [5, 5.41) is 2.66. The second-order valence-corrected chi connectivity index (χ2v) is 3.64. The van der Waals surface area contributed by atoms with Crippen LogP contribution < -0.4 is 5.32 Å². The molecule has 1 amide bonds. The predicted molar refractivity (Wildman–Crippen MR) is 63.3 cm³/mol. The van der Waals surface area contributed by atoms with E-state index in [1.54, 1.807) is 12.1 Å². The fourth-order valence-electron chi connectivity index (χ4n) is 1.48. The van der Waals surface area contributed by atoms with Gasteiger partial charge in [0.2, 0.25) is 5.95 Å². The van der Waals surface area contributed by atoms with Crippen LogP contribution >= 0.6 is 0 Å². The van der Waals surface area contributed by atoms with E-state index in [1.165, 1.54) is 18.3 Å². The van der Waals surface area contributed by atoms with Crippen molar-refractivity contribution in [2.45, 2.75) is 6.92 Å². The Bertz CT molecular complexity index is 537. The molecule has 1 aromatic carbocycles. The summed E-state index contributed by atoms with van der Waals surface area (Å²) < 4.78 is 12.6. The van der Waals surface area contributed by atoms with Crippen molar-refractivity contribution >= 4 is 11.6 Å². The van der Waals surface area contributed by atoms with Gasteiger partial charge in [0, 0.05) is 5.56 Å². The number of carbonyl (C=O) groups excluding carboxylic acids is 1. The Morgan fingerprint density at radius 1 is 1.24 bits per heavy atom. The van der Waals surface area contributed by atoms with E-state index < -0.39 is 5.95 Å². The summed E-state index contributed by atoms with van der Waals surface area (Å²) in [7, 11) is 0. The molecular weight excluding hydrogens is 219 g/mol. The van der Waals surface area contributed by atoms with E-state index in [9.17, 15) is 9.18 Å². The van der Waals surface area contributed by atoms with Gasteiger partial charge in [-0.3, -0.25) is 4.79 Å². The van der Waals surface area contributed by atoms with E-state index in [-0.39, 0.29) is 5.91 Å². The lowest BCUT2D eigenvalue weighted by Crippen LogP contribution is -2.13. The number of carbonyl (C=O) groups is 1. The maximum atomic E-state index is 12.6. The van der Waals surface area contributed by atoms with Gasteiger partial charge in [-0.05, 0) is 30.7 Å². The van der Waals surface area contributed by atoms with Gasteiger partial charge in [0.15, 0.2) is 0 Å². The maximum absolute atomic E-state index is 12.6. The second kappa shape index (κ2) is 4.74. The molecule has 17 heavy (non-hydrogen) atoms. The lowest BCUT2D eigenvalue weighted by atomic mass is 10.1. The molecule has 3 nitrogen and oxygen atoms in total. The van der Waals surface area contributed by atoms with Gasteiger partial charge in [0.05, 0.1) is 11.9 Å². The zero-order valence-corrected chi connectivity index (χ0v) is 9.27. The topological polar surface area (TPSA) is 42.0 Å². The van der Waals surface area contributed by atoms with Gasteiger partial charge >= 0.3 is 0 Å². The number of anilines is 1. The molecule has 0 bridgehead atoms. The SMILES string of the molecule is Cc1ccccc1C(=O)Nc1ccc(F)nc1. The van der Waals surface area contributed by atoms with E-state index in [0.29, 0.717) is 11.3 Å². The van der Waals surface area contributed by atoms with Gasteiger partial charge in [-0.15, -0.1) is 0 Å². The number of amides is 1. The van der Waals surface area contributed by atoms with Crippen LogP contribution in [0.5, 0.6) is 0 Å². The molecule has 0 saturated heterocycles. The first-order valence-electron chi connectivity index (χ1n) is 5.15. The van der Waals surface area contributed by atoms with Gasteiger partial charge < -0.3 is 5.32 Å². The van der Waals surface area contributed by atoms with Crippen molar-refractivity contribution in [2.75, 3.05) is 5.32 Å². The van der Waals surface area contributed by atoms with Crippen LogP contribution in [0.15, 0.2) is 42.6 Å². The third kappa shape index (κ3) is 2.66. The first-order chi connectivity index (χ1) is 8.16. The smallest absolute Gasteiger partial charge is 0.255 e. The van der Waals surface area contributed by atoms with Crippen molar-refractivity contribution < 1.29 is 9.18 Å². The lowest BCUT2D eigenvalue weighted by molar-refractivity contribution is 0.102. The number of hydrogen-bond donors (Lipinski definition) is 1. The molecule has 0 aliphatic heterocycles. The minimum atomic E-state index is -0.570. The maximum Gasteiger partial charge on any atom is 0.255 e. The molecule has 0 fully saturated rings. The fourth-order valence-corrected chi connectivity index (χ4v) is 1.48. The lowest BCUT2D eigenvalue weighted by Gasteiger charge is -2.06. The summed E-state index contributed by atoms with van der Waals surface area (Å²) in [6.07, 6.45) is 1.28. The molecule has 1 aromatic heterocycles. The first kappa shape index (κ1) is 11.3. The van der Waals surface area contributed by atoms with Crippen molar-refractivity contribution in [1.82, 2.24) is 4.98 Å². The Labute approximate surface area is 98.3 Å². The molecule has 0 radical (unpaired) electrons. The zero-order chi connectivity index (χ0) is 12.3. The van der Waals surface area contributed by atoms with Crippen molar-refractivity contribution in [2.24, 2.45) is 0 Å². The molecule has 0 saturated carbocycles. The molecule has 1 N–H and O–H groups in total. The molecule has 1 heterocycles. The minimum Gasteiger partial charge on any atom is -0.321 e. The second-order valence-electron chi connectivity index (χ2n) is 3.64. The molecule has 2 aromatic rings. The van der Waals surface area contributed by atoms with E-state index >= 15 is 0 Å². The highest BCUT2D eigenvalue weighted by atomic mass is 19.1. The number of aryl methyl sites for hydroxylation is 1. The average Bonchev–Trinajstić information content (AvgIpc) is 2.32. The predicted octanol–water partition coefficient (Wildman–Crippen LogP) is 2.78. The van der Waals surface area contributed by atoms with E-state index in [4.69, 9.17) is 0 Å². The van der Waals surface area contributed by atoms with Crippen LogP contribution in [0.3, 0.4) is 0 Å². The largest absolute Gasteiger partial charge is 0.321 e. The highest BCUT2D eigenvalue weighted by Gasteiger charge is 2.08. The van der Waals surface area contributed by atoms with Gasteiger partial charge in [-0.1, -0.05) is 18.2 Å². The number of halogens is 1. The highest BCUT2D eigenvalue weighted by Crippen LogP contribution is 2.11. The standard InChI is InChI=1S/C13H11FN2O/c1-9-4-2-3-5-11(9)13(17)16-10-6-7-12(14)15-8-10/h2-8H,1H3,(H,16,17). The summed E-state index contributed by atoms with van der Waals surface area (Å²) >= 11 is 0. The van der Waals surface area contributed by atoms with E-state index in [2.05, 4.69) is 10.3 Å². The third-order valence-corrected chi connectivity index (χ3v) is 2.37.